The zero-order valence-electron chi connectivity index (χ0n) is 12.3. The van der Waals surface area contributed by atoms with Crippen LogP contribution in [0.15, 0.2) is 49.3 Å². The SMILES string of the molecule is C=CCNC(=O)c1cnc(N2CCc3ccccc3C2)nc1. The molecule has 2 heterocycles. The number of aromatic nitrogens is 2. The van der Waals surface area contributed by atoms with E-state index in [4.69, 9.17) is 0 Å². The Labute approximate surface area is 129 Å². The minimum Gasteiger partial charge on any atom is -0.348 e. The molecule has 0 atom stereocenters. The molecule has 1 amide bonds. The van der Waals surface area contributed by atoms with E-state index < -0.39 is 0 Å². The van der Waals surface area contributed by atoms with Crippen LogP contribution in [-0.2, 0) is 13.0 Å². The number of hydrogen-bond donors (Lipinski definition) is 1. The predicted octanol–water partition coefficient (Wildman–Crippen LogP) is 1.96. The van der Waals surface area contributed by atoms with E-state index in [0.29, 0.717) is 18.1 Å². The van der Waals surface area contributed by atoms with Gasteiger partial charge in [-0.05, 0) is 17.5 Å². The highest BCUT2D eigenvalue weighted by molar-refractivity contribution is 5.93. The van der Waals surface area contributed by atoms with Crippen LogP contribution in [0, 0.1) is 0 Å². The Kier molecular flexibility index (Phi) is 4.14. The highest BCUT2D eigenvalue weighted by Gasteiger charge is 2.18. The molecule has 0 aliphatic carbocycles. The van der Waals surface area contributed by atoms with Crippen LogP contribution in [0.25, 0.3) is 0 Å². The van der Waals surface area contributed by atoms with Crippen molar-refractivity contribution in [3.05, 3.63) is 66.0 Å². The first-order chi connectivity index (χ1) is 10.8. The summed E-state index contributed by atoms with van der Waals surface area (Å²) in [5.74, 6) is 0.477. The Hall–Kier alpha value is -2.69. The van der Waals surface area contributed by atoms with Crippen molar-refractivity contribution in [2.75, 3.05) is 18.0 Å². The lowest BCUT2D eigenvalue weighted by atomic mass is 10.0. The summed E-state index contributed by atoms with van der Waals surface area (Å²) in [5, 5.41) is 2.71. The Morgan fingerprint density at radius 3 is 2.73 bits per heavy atom. The van der Waals surface area contributed by atoms with Crippen LogP contribution in [-0.4, -0.2) is 29.0 Å². The first-order valence-corrected chi connectivity index (χ1v) is 7.31. The monoisotopic (exact) mass is 294 g/mol. The molecule has 1 aliphatic heterocycles. The summed E-state index contributed by atoms with van der Waals surface area (Å²) in [6.45, 7) is 5.69. The standard InChI is InChI=1S/C17H18N4O/c1-2-8-18-16(22)15-10-19-17(20-11-15)21-9-7-13-5-3-4-6-14(13)12-21/h2-6,10-11H,1,7-9,12H2,(H,18,22). The molecule has 2 aromatic rings. The van der Waals surface area contributed by atoms with Gasteiger partial charge in [-0.25, -0.2) is 9.97 Å². The quantitative estimate of drug-likeness (QED) is 0.876. The number of rotatable bonds is 4. The van der Waals surface area contributed by atoms with Gasteiger partial charge in [-0.1, -0.05) is 30.3 Å². The minimum atomic E-state index is -0.185. The Bertz CT molecular complexity index is 681. The third-order valence-electron chi connectivity index (χ3n) is 3.72. The molecule has 0 fully saturated rings. The van der Waals surface area contributed by atoms with E-state index >= 15 is 0 Å². The van der Waals surface area contributed by atoms with Crippen molar-refractivity contribution >= 4 is 11.9 Å². The second-order valence-electron chi connectivity index (χ2n) is 5.21. The molecule has 0 bridgehead atoms. The number of anilines is 1. The van der Waals surface area contributed by atoms with Crippen LogP contribution in [0.1, 0.15) is 21.5 Å². The van der Waals surface area contributed by atoms with E-state index in [1.165, 1.54) is 11.1 Å². The van der Waals surface area contributed by atoms with Gasteiger partial charge in [0.15, 0.2) is 0 Å². The third kappa shape index (κ3) is 2.98. The summed E-state index contributed by atoms with van der Waals surface area (Å²) < 4.78 is 0. The Balaban J connectivity index is 1.71. The normalized spacial score (nSPS) is 13.4. The number of carbonyl (C=O) groups is 1. The van der Waals surface area contributed by atoms with Crippen LogP contribution in [0.5, 0.6) is 0 Å². The summed E-state index contributed by atoms with van der Waals surface area (Å²) >= 11 is 0. The van der Waals surface area contributed by atoms with E-state index in [2.05, 4.69) is 51.0 Å². The number of fused-ring (bicyclic) bond motifs is 1. The van der Waals surface area contributed by atoms with Crippen molar-refractivity contribution in [1.29, 1.82) is 0 Å². The Morgan fingerprint density at radius 2 is 2.00 bits per heavy atom. The van der Waals surface area contributed by atoms with Gasteiger partial charge in [0.1, 0.15) is 0 Å². The molecule has 1 N–H and O–H groups in total. The van der Waals surface area contributed by atoms with Crippen LogP contribution in [0.2, 0.25) is 0 Å². The van der Waals surface area contributed by atoms with Gasteiger partial charge in [0.2, 0.25) is 5.95 Å². The molecular weight excluding hydrogens is 276 g/mol. The molecule has 0 unspecified atom stereocenters. The maximum absolute atomic E-state index is 11.8. The second-order valence-corrected chi connectivity index (χ2v) is 5.21. The average Bonchev–Trinajstić information content (AvgIpc) is 2.59. The summed E-state index contributed by atoms with van der Waals surface area (Å²) in [5.41, 5.74) is 3.16. The first kappa shape index (κ1) is 14.3. The van der Waals surface area contributed by atoms with Crippen LogP contribution in [0.4, 0.5) is 5.95 Å². The summed E-state index contributed by atoms with van der Waals surface area (Å²) in [4.78, 5) is 22.6. The third-order valence-corrected chi connectivity index (χ3v) is 3.72. The molecule has 112 valence electrons. The van der Waals surface area contributed by atoms with Crippen molar-refractivity contribution < 1.29 is 4.79 Å². The van der Waals surface area contributed by atoms with E-state index in [9.17, 15) is 4.79 Å². The number of hydrogen-bond acceptors (Lipinski definition) is 4. The first-order valence-electron chi connectivity index (χ1n) is 7.31. The molecule has 0 radical (unpaired) electrons. The van der Waals surface area contributed by atoms with Crippen molar-refractivity contribution in [1.82, 2.24) is 15.3 Å². The molecule has 0 saturated carbocycles. The number of nitrogens with zero attached hydrogens (tertiary/aromatic N) is 3. The summed E-state index contributed by atoms with van der Waals surface area (Å²) in [7, 11) is 0. The predicted molar refractivity (Wildman–Crippen MR) is 85.8 cm³/mol. The van der Waals surface area contributed by atoms with Gasteiger partial charge in [0.25, 0.3) is 5.91 Å². The van der Waals surface area contributed by atoms with Gasteiger partial charge in [0, 0.05) is 32.0 Å². The van der Waals surface area contributed by atoms with Gasteiger partial charge in [-0.3, -0.25) is 4.79 Å². The van der Waals surface area contributed by atoms with Crippen molar-refractivity contribution in [2.45, 2.75) is 13.0 Å². The molecule has 1 aliphatic rings. The van der Waals surface area contributed by atoms with Crippen molar-refractivity contribution in [3.63, 3.8) is 0 Å². The fourth-order valence-electron chi connectivity index (χ4n) is 2.54. The number of amides is 1. The van der Waals surface area contributed by atoms with Crippen LogP contribution in [0.3, 0.4) is 0 Å². The molecule has 5 heteroatoms. The molecule has 1 aromatic carbocycles. The van der Waals surface area contributed by atoms with E-state index in [0.717, 1.165) is 19.5 Å². The maximum atomic E-state index is 11.8. The number of nitrogens with one attached hydrogen (secondary N) is 1. The average molecular weight is 294 g/mol. The fourth-order valence-corrected chi connectivity index (χ4v) is 2.54. The van der Waals surface area contributed by atoms with Crippen molar-refractivity contribution in [3.8, 4) is 0 Å². The molecule has 3 rings (SSSR count). The smallest absolute Gasteiger partial charge is 0.254 e. The molecular formula is C17H18N4O. The highest BCUT2D eigenvalue weighted by Crippen LogP contribution is 2.21. The minimum absolute atomic E-state index is 0.185. The summed E-state index contributed by atoms with van der Waals surface area (Å²) in [6.07, 6.45) is 5.77. The Morgan fingerprint density at radius 1 is 1.27 bits per heavy atom. The largest absolute Gasteiger partial charge is 0.348 e. The van der Waals surface area contributed by atoms with Crippen LogP contribution >= 0.6 is 0 Å². The molecule has 0 spiro atoms. The zero-order chi connectivity index (χ0) is 15.4. The van der Waals surface area contributed by atoms with Gasteiger partial charge < -0.3 is 10.2 Å². The van der Waals surface area contributed by atoms with E-state index in [-0.39, 0.29) is 5.91 Å². The van der Waals surface area contributed by atoms with Gasteiger partial charge in [-0.15, -0.1) is 6.58 Å². The van der Waals surface area contributed by atoms with Crippen molar-refractivity contribution in [2.24, 2.45) is 0 Å². The van der Waals surface area contributed by atoms with Gasteiger partial charge >= 0.3 is 0 Å². The van der Waals surface area contributed by atoms with E-state index in [1.54, 1.807) is 18.5 Å². The molecule has 1 aromatic heterocycles. The lowest BCUT2D eigenvalue weighted by molar-refractivity contribution is 0.0957. The number of benzene rings is 1. The number of carbonyl (C=O) groups excluding carboxylic acids is 1. The maximum Gasteiger partial charge on any atom is 0.254 e. The van der Waals surface area contributed by atoms with Gasteiger partial charge in [-0.2, -0.15) is 0 Å². The second kappa shape index (κ2) is 6.39. The zero-order valence-corrected chi connectivity index (χ0v) is 12.3. The lowest BCUT2D eigenvalue weighted by Crippen LogP contribution is -2.32. The topological polar surface area (TPSA) is 58.1 Å². The lowest BCUT2D eigenvalue weighted by Gasteiger charge is -2.28. The fraction of sp³-hybridized carbons (Fsp3) is 0.235. The van der Waals surface area contributed by atoms with Crippen LogP contribution < -0.4 is 10.2 Å². The molecule has 5 nitrogen and oxygen atoms in total. The molecule has 22 heavy (non-hydrogen) atoms. The highest BCUT2D eigenvalue weighted by atomic mass is 16.1. The van der Waals surface area contributed by atoms with Gasteiger partial charge in [0.05, 0.1) is 5.56 Å². The molecule has 0 saturated heterocycles. The summed E-state index contributed by atoms with van der Waals surface area (Å²) in [6, 6.07) is 8.43. The van der Waals surface area contributed by atoms with E-state index in [1.807, 2.05) is 0 Å².